The maximum absolute atomic E-state index is 10.7. The molecule has 0 saturated carbocycles. The minimum atomic E-state index is -0.797. The first kappa shape index (κ1) is 14.3. The van der Waals surface area contributed by atoms with E-state index in [1.54, 1.807) is 0 Å². The van der Waals surface area contributed by atoms with Crippen LogP contribution in [0.3, 0.4) is 0 Å². The molecule has 2 N–H and O–H groups in total. The number of aliphatic carboxylic acids is 1. The first-order valence-electron chi connectivity index (χ1n) is 6.69. The third-order valence-electron chi connectivity index (χ3n) is 3.13. The molecular weight excluding hydrogens is 250 g/mol. The molecule has 0 heterocycles. The maximum Gasteiger partial charge on any atom is 0.307 e. The number of carbonyl (C=O) groups is 1. The Bertz CT molecular complexity index is 576. The van der Waals surface area contributed by atoms with Crippen LogP contribution in [0.1, 0.15) is 22.3 Å². The molecule has 104 valence electrons. The summed E-state index contributed by atoms with van der Waals surface area (Å²) in [4.78, 5) is 10.7. The van der Waals surface area contributed by atoms with Crippen LogP contribution in [-0.4, -0.2) is 11.1 Å². The molecule has 0 aliphatic heterocycles. The molecule has 2 aromatic carbocycles. The quantitative estimate of drug-likeness (QED) is 0.847. The lowest BCUT2D eigenvalue weighted by Gasteiger charge is -2.07. The van der Waals surface area contributed by atoms with Gasteiger partial charge in [-0.3, -0.25) is 4.79 Å². The van der Waals surface area contributed by atoms with Crippen LogP contribution < -0.4 is 5.32 Å². The van der Waals surface area contributed by atoms with E-state index < -0.39 is 5.97 Å². The zero-order valence-electron chi connectivity index (χ0n) is 11.6. The fraction of sp³-hybridized carbons (Fsp3) is 0.235. The number of benzene rings is 2. The minimum Gasteiger partial charge on any atom is -0.481 e. The van der Waals surface area contributed by atoms with Gasteiger partial charge in [0.05, 0.1) is 6.42 Å². The third-order valence-corrected chi connectivity index (χ3v) is 3.13. The van der Waals surface area contributed by atoms with Crippen molar-refractivity contribution in [2.75, 3.05) is 0 Å². The van der Waals surface area contributed by atoms with Gasteiger partial charge >= 0.3 is 5.97 Å². The van der Waals surface area contributed by atoms with Crippen LogP contribution in [0.15, 0.2) is 48.5 Å². The first-order chi connectivity index (χ1) is 9.63. The summed E-state index contributed by atoms with van der Waals surface area (Å²) in [6.45, 7) is 3.62. The molecule has 0 saturated heterocycles. The fourth-order valence-electron chi connectivity index (χ4n) is 2.08. The topological polar surface area (TPSA) is 49.3 Å². The molecule has 0 spiro atoms. The van der Waals surface area contributed by atoms with Crippen molar-refractivity contribution in [3.63, 3.8) is 0 Å². The summed E-state index contributed by atoms with van der Waals surface area (Å²) in [5.41, 5.74) is 4.45. The van der Waals surface area contributed by atoms with Crippen LogP contribution in [0, 0.1) is 6.92 Å². The number of aryl methyl sites for hydroxylation is 1. The summed E-state index contributed by atoms with van der Waals surface area (Å²) >= 11 is 0. The molecule has 3 heteroatoms. The molecule has 0 unspecified atom stereocenters. The lowest BCUT2D eigenvalue weighted by molar-refractivity contribution is -0.136. The van der Waals surface area contributed by atoms with E-state index in [1.807, 2.05) is 24.3 Å². The van der Waals surface area contributed by atoms with Gasteiger partial charge in [-0.1, -0.05) is 54.1 Å². The van der Waals surface area contributed by atoms with Crippen molar-refractivity contribution < 1.29 is 9.90 Å². The summed E-state index contributed by atoms with van der Waals surface area (Å²) in [6, 6.07) is 16.1. The Morgan fingerprint density at radius 3 is 2.35 bits per heavy atom. The van der Waals surface area contributed by atoms with Gasteiger partial charge in [0.25, 0.3) is 0 Å². The fourth-order valence-corrected chi connectivity index (χ4v) is 2.08. The van der Waals surface area contributed by atoms with Gasteiger partial charge in [0.2, 0.25) is 0 Å². The Hall–Kier alpha value is -2.13. The van der Waals surface area contributed by atoms with Crippen LogP contribution in [0.25, 0.3) is 0 Å². The van der Waals surface area contributed by atoms with E-state index in [9.17, 15) is 4.79 Å². The summed E-state index contributed by atoms with van der Waals surface area (Å²) in [6.07, 6.45) is 0.0752. The molecule has 0 amide bonds. The highest BCUT2D eigenvalue weighted by Gasteiger charge is 2.01. The molecule has 0 bridgehead atoms. The Kier molecular flexibility index (Phi) is 4.91. The van der Waals surface area contributed by atoms with Gasteiger partial charge in [-0.15, -0.1) is 0 Å². The molecule has 0 atom stereocenters. The van der Waals surface area contributed by atoms with Crippen molar-refractivity contribution in [2.45, 2.75) is 26.4 Å². The molecule has 2 aromatic rings. The van der Waals surface area contributed by atoms with Crippen molar-refractivity contribution in [2.24, 2.45) is 0 Å². The monoisotopic (exact) mass is 269 g/mol. The largest absolute Gasteiger partial charge is 0.481 e. The average Bonchev–Trinajstić information content (AvgIpc) is 2.41. The molecule has 0 radical (unpaired) electrons. The zero-order chi connectivity index (χ0) is 14.4. The highest BCUT2D eigenvalue weighted by molar-refractivity contribution is 5.70. The van der Waals surface area contributed by atoms with Gasteiger partial charge < -0.3 is 10.4 Å². The Morgan fingerprint density at radius 2 is 1.65 bits per heavy atom. The highest BCUT2D eigenvalue weighted by atomic mass is 16.4. The summed E-state index contributed by atoms with van der Waals surface area (Å²) in [5.74, 6) is -0.797. The second-order valence-corrected chi connectivity index (χ2v) is 4.98. The summed E-state index contributed by atoms with van der Waals surface area (Å²) < 4.78 is 0. The van der Waals surface area contributed by atoms with E-state index in [1.165, 1.54) is 11.1 Å². The van der Waals surface area contributed by atoms with Crippen molar-refractivity contribution in [1.29, 1.82) is 0 Å². The standard InChI is InChI=1S/C17H19NO2/c1-13-5-7-14(8-6-13)11-18-12-16-4-2-3-15(9-16)10-17(19)20/h2-9,18H,10-12H2,1H3,(H,19,20). The molecule has 0 fully saturated rings. The van der Waals surface area contributed by atoms with E-state index in [2.05, 4.69) is 36.5 Å². The lowest BCUT2D eigenvalue weighted by atomic mass is 10.1. The molecule has 20 heavy (non-hydrogen) atoms. The Balaban J connectivity index is 1.87. The van der Waals surface area contributed by atoms with Crippen molar-refractivity contribution in [1.82, 2.24) is 5.32 Å². The van der Waals surface area contributed by atoms with E-state index in [0.29, 0.717) is 0 Å². The molecule has 2 rings (SSSR count). The molecule has 0 aliphatic carbocycles. The second-order valence-electron chi connectivity index (χ2n) is 4.98. The van der Waals surface area contributed by atoms with E-state index in [4.69, 9.17) is 5.11 Å². The van der Waals surface area contributed by atoms with Gasteiger partial charge in [0.1, 0.15) is 0 Å². The highest BCUT2D eigenvalue weighted by Crippen LogP contribution is 2.07. The summed E-state index contributed by atoms with van der Waals surface area (Å²) in [7, 11) is 0. The number of hydrogen-bond acceptors (Lipinski definition) is 2. The van der Waals surface area contributed by atoms with Crippen LogP contribution >= 0.6 is 0 Å². The van der Waals surface area contributed by atoms with E-state index in [-0.39, 0.29) is 6.42 Å². The number of rotatable bonds is 6. The van der Waals surface area contributed by atoms with Crippen LogP contribution in [-0.2, 0) is 24.3 Å². The van der Waals surface area contributed by atoms with Crippen molar-refractivity contribution in [3.05, 3.63) is 70.8 Å². The predicted molar refractivity (Wildman–Crippen MR) is 79.5 cm³/mol. The maximum atomic E-state index is 10.7. The van der Waals surface area contributed by atoms with Crippen LogP contribution in [0.2, 0.25) is 0 Å². The van der Waals surface area contributed by atoms with Gasteiger partial charge in [-0.25, -0.2) is 0 Å². The number of nitrogens with one attached hydrogen (secondary N) is 1. The van der Waals surface area contributed by atoms with Crippen LogP contribution in [0.5, 0.6) is 0 Å². The van der Waals surface area contributed by atoms with Crippen LogP contribution in [0.4, 0.5) is 0 Å². The van der Waals surface area contributed by atoms with Crippen molar-refractivity contribution in [3.8, 4) is 0 Å². The molecule has 3 nitrogen and oxygen atoms in total. The zero-order valence-corrected chi connectivity index (χ0v) is 11.6. The average molecular weight is 269 g/mol. The number of carboxylic acids is 1. The predicted octanol–water partition coefficient (Wildman–Crippen LogP) is 2.91. The van der Waals surface area contributed by atoms with Gasteiger partial charge in [-0.2, -0.15) is 0 Å². The van der Waals surface area contributed by atoms with E-state index in [0.717, 1.165) is 24.2 Å². The molecule has 0 aromatic heterocycles. The first-order valence-corrected chi connectivity index (χ1v) is 6.69. The second kappa shape index (κ2) is 6.87. The minimum absolute atomic E-state index is 0.0752. The van der Waals surface area contributed by atoms with Gasteiger partial charge in [0.15, 0.2) is 0 Å². The lowest BCUT2D eigenvalue weighted by Crippen LogP contribution is -2.13. The Morgan fingerprint density at radius 1 is 1.00 bits per heavy atom. The third kappa shape index (κ3) is 4.52. The number of hydrogen-bond donors (Lipinski definition) is 2. The summed E-state index contributed by atoms with van der Waals surface area (Å²) in [5, 5.41) is 12.2. The van der Waals surface area contributed by atoms with Gasteiger partial charge in [-0.05, 0) is 23.6 Å². The van der Waals surface area contributed by atoms with E-state index >= 15 is 0 Å². The Labute approximate surface area is 119 Å². The molecule has 0 aliphatic rings. The van der Waals surface area contributed by atoms with Gasteiger partial charge in [0, 0.05) is 13.1 Å². The van der Waals surface area contributed by atoms with Crippen molar-refractivity contribution >= 4 is 5.97 Å². The smallest absolute Gasteiger partial charge is 0.307 e. The SMILES string of the molecule is Cc1ccc(CNCc2cccc(CC(=O)O)c2)cc1. The normalized spacial score (nSPS) is 10.4. The number of carboxylic acid groups (broad SMARTS) is 1. The molecular formula is C17H19NO2.